The van der Waals surface area contributed by atoms with Gasteiger partial charge in [0.05, 0.1) is 10.2 Å². The zero-order chi connectivity index (χ0) is 13.8. The highest BCUT2D eigenvalue weighted by Gasteiger charge is 2.10. The number of fused-ring (bicyclic) bond motifs is 7. The molecule has 0 saturated carbocycles. The third-order valence-corrected chi connectivity index (χ3v) is 5.21. The van der Waals surface area contributed by atoms with Crippen LogP contribution in [0.4, 0.5) is 0 Å². The van der Waals surface area contributed by atoms with Crippen molar-refractivity contribution in [3.8, 4) is 0 Å². The van der Waals surface area contributed by atoms with Gasteiger partial charge >= 0.3 is 0 Å². The molecule has 0 unspecified atom stereocenters. The van der Waals surface area contributed by atoms with E-state index in [4.69, 9.17) is 4.98 Å². The topological polar surface area (TPSA) is 12.9 Å². The second kappa shape index (κ2) is 4.03. The van der Waals surface area contributed by atoms with Crippen molar-refractivity contribution >= 4 is 53.2 Å². The summed E-state index contributed by atoms with van der Waals surface area (Å²) in [6.45, 7) is 0. The molecule has 21 heavy (non-hydrogen) atoms. The Bertz CT molecular complexity index is 1140. The number of pyridine rings is 1. The Morgan fingerprint density at radius 1 is 0.667 bits per heavy atom. The molecule has 1 nitrogen and oxygen atoms in total. The molecule has 0 aliphatic carbocycles. The Morgan fingerprint density at radius 2 is 1.48 bits per heavy atom. The molecule has 3 aromatic carbocycles. The van der Waals surface area contributed by atoms with Gasteiger partial charge in [-0.2, -0.15) is 0 Å². The lowest BCUT2D eigenvalue weighted by atomic mass is 10.0. The fourth-order valence-corrected chi connectivity index (χ4v) is 4.24. The minimum Gasteiger partial charge on any atom is -0.254 e. The van der Waals surface area contributed by atoms with Gasteiger partial charge in [-0.25, -0.2) is 0 Å². The van der Waals surface area contributed by atoms with E-state index >= 15 is 0 Å². The first-order valence-corrected chi connectivity index (χ1v) is 7.81. The maximum atomic E-state index is 4.74. The lowest BCUT2D eigenvalue weighted by Crippen LogP contribution is -1.82. The molecule has 0 radical (unpaired) electrons. The van der Waals surface area contributed by atoms with E-state index < -0.39 is 0 Å². The van der Waals surface area contributed by atoms with Gasteiger partial charge in [0.1, 0.15) is 0 Å². The summed E-state index contributed by atoms with van der Waals surface area (Å²) in [5, 5.41) is 6.40. The molecule has 0 fully saturated rings. The molecule has 98 valence electrons. The predicted octanol–water partition coefficient (Wildman–Crippen LogP) is 5.76. The average Bonchev–Trinajstić information content (AvgIpc) is 2.93. The van der Waals surface area contributed by atoms with Crippen molar-refractivity contribution < 1.29 is 0 Å². The summed E-state index contributed by atoms with van der Waals surface area (Å²) in [4.78, 5) is 4.74. The second-order valence-corrected chi connectivity index (χ2v) is 6.36. The van der Waals surface area contributed by atoms with Crippen LogP contribution < -0.4 is 0 Å². The van der Waals surface area contributed by atoms with Crippen molar-refractivity contribution in [1.82, 2.24) is 4.98 Å². The van der Waals surface area contributed by atoms with Crippen LogP contribution in [0.5, 0.6) is 0 Å². The third kappa shape index (κ3) is 1.48. The highest BCUT2D eigenvalue weighted by atomic mass is 32.1. The van der Waals surface area contributed by atoms with E-state index in [1.807, 2.05) is 17.5 Å². The molecule has 0 aliphatic heterocycles. The lowest BCUT2D eigenvalue weighted by Gasteiger charge is -2.04. The van der Waals surface area contributed by atoms with Crippen LogP contribution in [-0.2, 0) is 0 Å². The number of benzene rings is 3. The van der Waals surface area contributed by atoms with Crippen LogP contribution >= 0.6 is 11.3 Å². The van der Waals surface area contributed by atoms with Crippen molar-refractivity contribution in [1.29, 1.82) is 0 Å². The van der Waals surface area contributed by atoms with Crippen molar-refractivity contribution in [2.75, 3.05) is 0 Å². The van der Waals surface area contributed by atoms with Crippen LogP contribution in [-0.4, -0.2) is 4.98 Å². The maximum Gasteiger partial charge on any atom is 0.0787 e. The molecule has 0 spiro atoms. The zero-order valence-electron chi connectivity index (χ0n) is 11.2. The van der Waals surface area contributed by atoms with Crippen LogP contribution in [0.2, 0.25) is 0 Å². The fourth-order valence-electron chi connectivity index (χ4n) is 3.15. The number of thiophene rings is 1. The molecule has 0 atom stereocenters. The number of aromatic nitrogens is 1. The smallest absolute Gasteiger partial charge is 0.0787 e. The van der Waals surface area contributed by atoms with Gasteiger partial charge in [-0.1, -0.05) is 54.6 Å². The molecule has 5 rings (SSSR count). The first-order valence-electron chi connectivity index (χ1n) is 6.99. The molecular formula is C19H11NS. The molecule has 0 bridgehead atoms. The Labute approximate surface area is 125 Å². The minimum absolute atomic E-state index is 1.10. The SMILES string of the molecule is c1ccc2c(c1)ccc1c2ncc2sc3ccccc3c21. The van der Waals surface area contributed by atoms with E-state index in [-0.39, 0.29) is 0 Å². The standard InChI is InChI=1S/C19H11NS/c1-2-6-13-12(5-1)9-10-15-18-14-7-3-4-8-16(14)21-17(18)11-20-19(13)15/h1-11H. The summed E-state index contributed by atoms with van der Waals surface area (Å²) < 4.78 is 2.59. The van der Waals surface area contributed by atoms with Crippen LogP contribution in [0.15, 0.2) is 66.9 Å². The van der Waals surface area contributed by atoms with Gasteiger partial charge in [-0.15, -0.1) is 11.3 Å². The summed E-state index contributed by atoms with van der Waals surface area (Å²) in [6, 6.07) is 21.5. The van der Waals surface area contributed by atoms with Gasteiger partial charge in [-0.3, -0.25) is 4.98 Å². The van der Waals surface area contributed by atoms with Crippen molar-refractivity contribution in [2.45, 2.75) is 0 Å². The highest BCUT2D eigenvalue weighted by Crippen LogP contribution is 2.38. The zero-order valence-corrected chi connectivity index (χ0v) is 12.0. The molecule has 5 aromatic rings. The number of nitrogens with zero attached hydrogens (tertiary/aromatic N) is 1. The summed E-state index contributed by atoms with van der Waals surface area (Å²) in [7, 11) is 0. The Balaban J connectivity index is 2.11. The highest BCUT2D eigenvalue weighted by molar-refractivity contribution is 7.26. The number of hydrogen-bond acceptors (Lipinski definition) is 2. The van der Waals surface area contributed by atoms with E-state index in [2.05, 4.69) is 60.7 Å². The molecule has 0 amide bonds. The van der Waals surface area contributed by atoms with Gasteiger partial charge in [0.25, 0.3) is 0 Å². The van der Waals surface area contributed by atoms with Crippen LogP contribution in [0.3, 0.4) is 0 Å². The van der Waals surface area contributed by atoms with Crippen molar-refractivity contribution in [3.05, 3.63) is 66.9 Å². The van der Waals surface area contributed by atoms with Crippen LogP contribution in [0, 0.1) is 0 Å². The Hall–Kier alpha value is -2.45. The summed E-state index contributed by atoms with van der Waals surface area (Å²) in [5.41, 5.74) is 1.10. The van der Waals surface area contributed by atoms with E-state index in [9.17, 15) is 0 Å². The van der Waals surface area contributed by atoms with E-state index in [1.165, 1.54) is 36.3 Å². The van der Waals surface area contributed by atoms with Gasteiger partial charge in [-0.05, 0) is 11.5 Å². The molecule has 2 aromatic heterocycles. The summed E-state index contributed by atoms with van der Waals surface area (Å²) in [6.07, 6.45) is 2.02. The monoisotopic (exact) mass is 285 g/mol. The summed E-state index contributed by atoms with van der Waals surface area (Å²) in [5.74, 6) is 0. The first kappa shape index (κ1) is 11.2. The number of hydrogen-bond donors (Lipinski definition) is 0. The fraction of sp³-hybridized carbons (Fsp3) is 0. The molecule has 2 heterocycles. The van der Waals surface area contributed by atoms with Crippen molar-refractivity contribution in [2.24, 2.45) is 0 Å². The van der Waals surface area contributed by atoms with E-state index in [0.717, 1.165) is 5.52 Å². The van der Waals surface area contributed by atoms with Gasteiger partial charge in [0.15, 0.2) is 0 Å². The third-order valence-electron chi connectivity index (χ3n) is 4.10. The van der Waals surface area contributed by atoms with Gasteiger partial charge in [0.2, 0.25) is 0 Å². The van der Waals surface area contributed by atoms with Crippen molar-refractivity contribution in [3.63, 3.8) is 0 Å². The summed E-state index contributed by atoms with van der Waals surface area (Å²) >= 11 is 1.82. The van der Waals surface area contributed by atoms with Crippen LogP contribution in [0.25, 0.3) is 41.8 Å². The first-order chi connectivity index (χ1) is 10.4. The van der Waals surface area contributed by atoms with Gasteiger partial charge < -0.3 is 0 Å². The maximum absolute atomic E-state index is 4.74. The normalized spacial score (nSPS) is 11.8. The molecule has 0 saturated heterocycles. The Kier molecular flexibility index (Phi) is 2.15. The molecule has 0 aliphatic rings. The Morgan fingerprint density at radius 3 is 2.43 bits per heavy atom. The minimum atomic E-state index is 1.10. The molecular weight excluding hydrogens is 274 g/mol. The quantitative estimate of drug-likeness (QED) is 0.330. The van der Waals surface area contributed by atoms with E-state index in [1.54, 1.807) is 0 Å². The lowest BCUT2D eigenvalue weighted by molar-refractivity contribution is 1.47. The predicted molar refractivity (Wildman–Crippen MR) is 92.1 cm³/mol. The molecule has 2 heteroatoms. The largest absolute Gasteiger partial charge is 0.254 e. The average molecular weight is 285 g/mol. The number of rotatable bonds is 0. The van der Waals surface area contributed by atoms with E-state index in [0.29, 0.717) is 0 Å². The van der Waals surface area contributed by atoms with Crippen LogP contribution in [0.1, 0.15) is 0 Å². The second-order valence-electron chi connectivity index (χ2n) is 5.28. The van der Waals surface area contributed by atoms with Gasteiger partial charge in [0, 0.05) is 32.4 Å². The molecule has 0 N–H and O–H groups in total.